The molecule has 56 valence electrons. The van der Waals surface area contributed by atoms with Gasteiger partial charge in [0.1, 0.15) is 6.17 Å². The van der Waals surface area contributed by atoms with Crippen LogP contribution in [-0.4, -0.2) is 7.85 Å². The van der Waals surface area contributed by atoms with E-state index in [1.807, 2.05) is 19.1 Å². The van der Waals surface area contributed by atoms with Crippen LogP contribution < -0.4 is 0 Å². The first kappa shape index (κ1) is 8.31. The molecule has 0 heterocycles. The minimum absolute atomic E-state index is 0.0586. The Morgan fingerprint density at radius 2 is 1.91 bits per heavy atom. The maximum Gasteiger partial charge on any atom is 0.117 e. The van der Waals surface area contributed by atoms with Crippen molar-refractivity contribution in [2.75, 3.05) is 0 Å². The van der Waals surface area contributed by atoms with Gasteiger partial charge >= 0.3 is 0 Å². The average Bonchev–Trinajstić information content (AvgIpc) is 2.05. The van der Waals surface area contributed by atoms with E-state index in [0.717, 1.165) is 5.56 Å². The molecule has 0 aliphatic carbocycles. The molecule has 0 aliphatic heterocycles. The predicted molar refractivity (Wildman–Crippen MR) is 45.6 cm³/mol. The maximum atomic E-state index is 12.9. The number of aryl methyl sites for hydroxylation is 1. The van der Waals surface area contributed by atoms with Crippen LogP contribution in [0.4, 0.5) is 4.39 Å². The lowest BCUT2D eigenvalue weighted by atomic mass is 9.95. The molecular formula is C9H10BF. The Bertz CT molecular complexity index is 218. The zero-order chi connectivity index (χ0) is 8.27. The molecular weight excluding hydrogens is 138 g/mol. The quantitative estimate of drug-likeness (QED) is 0.565. The van der Waals surface area contributed by atoms with E-state index in [-0.39, 0.29) is 6.32 Å². The number of hydrogen-bond donors (Lipinski definition) is 0. The third-order valence-electron chi connectivity index (χ3n) is 1.65. The van der Waals surface area contributed by atoms with Crippen molar-refractivity contribution in [2.45, 2.75) is 19.4 Å². The monoisotopic (exact) mass is 148 g/mol. The molecule has 1 aromatic carbocycles. The number of benzene rings is 1. The van der Waals surface area contributed by atoms with Gasteiger partial charge in [-0.05, 0) is 12.5 Å². The Kier molecular flexibility index (Phi) is 2.69. The molecule has 0 aliphatic rings. The molecule has 0 bridgehead atoms. The highest BCUT2D eigenvalue weighted by Crippen LogP contribution is 2.19. The molecule has 2 heteroatoms. The minimum atomic E-state index is -1.02. The van der Waals surface area contributed by atoms with Gasteiger partial charge in [-0.2, -0.15) is 0 Å². The summed E-state index contributed by atoms with van der Waals surface area (Å²) in [5.41, 5.74) is 1.80. The summed E-state index contributed by atoms with van der Waals surface area (Å²) >= 11 is 0. The van der Waals surface area contributed by atoms with E-state index in [2.05, 4.69) is 0 Å². The first-order chi connectivity index (χ1) is 5.24. The molecule has 0 fully saturated rings. The third-order valence-corrected chi connectivity index (χ3v) is 1.65. The number of hydrogen-bond acceptors (Lipinski definition) is 0. The number of rotatable bonds is 2. The summed E-state index contributed by atoms with van der Waals surface area (Å²) in [7, 11) is 5.17. The average molecular weight is 148 g/mol. The van der Waals surface area contributed by atoms with E-state index in [1.165, 1.54) is 0 Å². The van der Waals surface area contributed by atoms with Crippen molar-refractivity contribution in [3.8, 4) is 0 Å². The topological polar surface area (TPSA) is 0 Å². The Morgan fingerprint density at radius 3 is 2.36 bits per heavy atom. The lowest BCUT2D eigenvalue weighted by Gasteiger charge is -2.04. The Hall–Kier alpha value is -0.785. The third kappa shape index (κ3) is 2.07. The van der Waals surface area contributed by atoms with Crippen molar-refractivity contribution in [1.29, 1.82) is 0 Å². The lowest BCUT2D eigenvalue weighted by Crippen LogP contribution is -1.89. The van der Waals surface area contributed by atoms with Gasteiger partial charge in [-0.1, -0.05) is 36.1 Å². The summed E-state index contributed by atoms with van der Waals surface area (Å²) in [5.74, 6) is 0. The van der Waals surface area contributed by atoms with Crippen LogP contribution in [-0.2, 0) is 0 Å². The molecule has 1 unspecified atom stereocenters. The largest absolute Gasteiger partial charge is 0.243 e. The molecule has 2 radical (unpaired) electrons. The fourth-order valence-electron chi connectivity index (χ4n) is 0.911. The van der Waals surface area contributed by atoms with Crippen LogP contribution in [0.25, 0.3) is 0 Å². The zero-order valence-corrected chi connectivity index (χ0v) is 6.55. The molecule has 1 rings (SSSR count). The minimum Gasteiger partial charge on any atom is -0.243 e. The first-order valence-electron chi connectivity index (χ1n) is 3.64. The van der Waals surface area contributed by atoms with E-state index in [4.69, 9.17) is 7.85 Å². The molecule has 0 spiro atoms. The van der Waals surface area contributed by atoms with Gasteiger partial charge in [0.05, 0.1) is 7.85 Å². The Labute approximate surface area is 67.8 Å². The molecule has 0 aromatic heterocycles. The fraction of sp³-hybridized carbons (Fsp3) is 0.333. The predicted octanol–water partition coefficient (Wildman–Crippen LogP) is 2.59. The molecule has 1 aromatic rings. The lowest BCUT2D eigenvalue weighted by molar-refractivity contribution is 0.374. The van der Waals surface area contributed by atoms with Crippen LogP contribution in [0.2, 0.25) is 6.32 Å². The second-order valence-electron chi connectivity index (χ2n) is 2.61. The van der Waals surface area contributed by atoms with Gasteiger partial charge in [0.2, 0.25) is 0 Å². The number of alkyl halides is 1. The standard InChI is InChI=1S/C9H10BF/c1-7-2-4-8(5-3-7)9(11)6-10/h2-5,9H,6H2,1H3. The highest BCUT2D eigenvalue weighted by atomic mass is 19.1. The molecule has 0 nitrogen and oxygen atoms in total. The van der Waals surface area contributed by atoms with E-state index in [0.29, 0.717) is 5.56 Å². The van der Waals surface area contributed by atoms with Crippen molar-refractivity contribution in [1.82, 2.24) is 0 Å². The van der Waals surface area contributed by atoms with Crippen LogP contribution in [0.15, 0.2) is 24.3 Å². The van der Waals surface area contributed by atoms with Crippen molar-refractivity contribution >= 4 is 7.85 Å². The number of halogens is 1. The second kappa shape index (κ2) is 3.56. The fourth-order valence-corrected chi connectivity index (χ4v) is 0.911. The van der Waals surface area contributed by atoms with Crippen LogP contribution in [0.3, 0.4) is 0 Å². The van der Waals surface area contributed by atoms with E-state index < -0.39 is 6.17 Å². The van der Waals surface area contributed by atoms with Gasteiger partial charge in [0, 0.05) is 0 Å². The molecule has 0 saturated heterocycles. The summed E-state index contributed by atoms with van der Waals surface area (Å²) in [4.78, 5) is 0. The molecule has 0 amide bonds. The van der Waals surface area contributed by atoms with Crippen molar-refractivity contribution in [2.24, 2.45) is 0 Å². The zero-order valence-electron chi connectivity index (χ0n) is 6.55. The highest BCUT2D eigenvalue weighted by Gasteiger charge is 2.04. The highest BCUT2D eigenvalue weighted by molar-refractivity contribution is 6.08. The van der Waals surface area contributed by atoms with Gasteiger partial charge in [0.15, 0.2) is 0 Å². The maximum absolute atomic E-state index is 12.9. The summed E-state index contributed by atoms with van der Waals surface area (Å²) in [6, 6.07) is 7.31. The summed E-state index contributed by atoms with van der Waals surface area (Å²) < 4.78 is 12.9. The molecule has 1 atom stereocenters. The first-order valence-corrected chi connectivity index (χ1v) is 3.64. The van der Waals surface area contributed by atoms with Gasteiger partial charge in [0.25, 0.3) is 0 Å². The van der Waals surface area contributed by atoms with Crippen molar-refractivity contribution in [3.05, 3.63) is 35.4 Å². The van der Waals surface area contributed by atoms with Gasteiger partial charge in [-0.3, -0.25) is 0 Å². The Balaban J connectivity index is 2.81. The van der Waals surface area contributed by atoms with Gasteiger partial charge in [-0.15, -0.1) is 0 Å². The summed E-state index contributed by atoms with van der Waals surface area (Å²) in [6.45, 7) is 1.97. The van der Waals surface area contributed by atoms with Crippen molar-refractivity contribution in [3.63, 3.8) is 0 Å². The van der Waals surface area contributed by atoms with Gasteiger partial charge < -0.3 is 0 Å². The normalized spacial score (nSPS) is 12.9. The SMILES string of the molecule is [B]CC(F)c1ccc(C)cc1. The van der Waals surface area contributed by atoms with Crippen molar-refractivity contribution < 1.29 is 4.39 Å². The second-order valence-corrected chi connectivity index (χ2v) is 2.61. The molecule has 0 saturated carbocycles. The molecule has 0 N–H and O–H groups in total. The van der Waals surface area contributed by atoms with Crippen LogP contribution in [0.5, 0.6) is 0 Å². The van der Waals surface area contributed by atoms with Crippen LogP contribution >= 0.6 is 0 Å². The Morgan fingerprint density at radius 1 is 1.36 bits per heavy atom. The van der Waals surface area contributed by atoms with E-state index in [9.17, 15) is 4.39 Å². The smallest absolute Gasteiger partial charge is 0.117 e. The van der Waals surface area contributed by atoms with Crippen LogP contribution in [0.1, 0.15) is 17.3 Å². The summed E-state index contributed by atoms with van der Waals surface area (Å²) in [5, 5.41) is 0. The van der Waals surface area contributed by atoms with E-state index in [1.54, 1.807) is 12.1 Å². The van der Waals surface area contributed by atoms with Crippen LogP contribution in [0, 0.1) is 6.92 Å². The van der Waals surface area contributed by atoms with Gasteiger partial charge in [-0.25, -0.2) is 4.39 Å². The summed E-state index contributed by atoms with van der Waals surface area (Å²) in [6.07, 6.45) is -0.959. The molecule has 11 heavy (non-hydrogen) atoms. The van der Waals surface area contributed by atoms with E-state index >= 15 is 0 Å².